The van der Waals surface area contributed by atoms with Crippen LogP contribution in [-0.2, 0) is 4.79 Å². The van der Waals surface area contributed by atoms with Gasteiger partial charge in [0.15, 0.2) is 0 Å². The molecule has 1 heterocycles. The highest BCUT2D eigenvalue weighted by molar-refractivity contribution is 5.78. The van der Waals surface area contributed by atoms with Crippen LogP contribution in [0.3, 0.4) is 0 Å². The third-order valence-corrected chi connectivity index (χ3v) is 2.35. The molecule has 5 nitrogen and oxygen atoms in total. The van der Waals surface area contributed by atoms with E-state index in [0.717, 1.165) is 16.6 Å². The molecule has 1 aromatic heterocycles. The molecule has 1 aromatic carbocycles. The van der Waals surface area contributed by atoms with E-state index >= 15 is 0 Å². The molecule has 15 heavy (non-hydrogen) atoms. The van der Waals surface area contributed by atoms with Crippen LogP contribution in [0, 0.1) is 6.92 Å². The van der Waals surface area contributed by atoms with E-state index in [1.165, 1.54) is 4.68 Å². The molecule has 0 aliphatic heterocycles. The molecule has 2 rings (SSSR count). The number of carboxylic acids is 1. The standard InChI is InChI=1S/C10H11N3O2/c1-6-3-4-9-8(5-6)11-12-13(9)7(2)10(14)15/h3-5,7H,1-2H3,(H,14,15). The molecule has 1 atom stereocenters. The van der Waals surface area contributed by atoms with Crippen LogP contribution in [0.2, 0.25) is 0 Å². The number of aliphatic carboxylic acids is 1. The first-order chi connectivity index (χ1) is 7.09. The van der Waals surface area contributed by atoms with E-state index in [-0.39, 0.29) is 0 Å². The number of aromatic nitrogens is 3. The fraction of sp³-hybridized carbons (Fsp3) is 0.300. The van der Waals surface area contributed by atoms with Crippen molar-refractivity contribution in [3.05, 3.63) is 23.8 Å². The Morgan fingerprint density at radius 1 is 1.53 bits per heavy atom. The first-order valence-electron chi connectivity index (χ1n) is 4.64. The Morgan fingerprint density at radius 3 is 2.93 bits per heavy atom. The maximum atomic E-state index is 10.8. The van der Waals surface area contributed by atoms with Crippen LogP contribution >= 0.6 is 0 Å². The average molecular weight is 205 g/mol. The molecular formula is C10H11N3O2. The predicted molar refractivity (Wildman–Crippen MR) is 54.6 cm³/mol. The summed E-state index contributed by atoms with van der Waals surface area (Å²) in [5.41, 5.74) is 2.55. The topological polar surface area (TPSA) is 68.0 Å². The number of fused-ring (bicyclic) bond motifs is 1. The fourth-order valence-electron chi connectivity index (χ4n) is 1.44. The first kappa shape index (κ1) is 9.64. The van der Waals surface area contributed by atoms with Crippen LogP contribution in [-0.4, -0.2) is 26.1 Å². The largest absolute Gasteiger partial charge is 0.480 e. The van der Waals surface area contributed by atoms with Crippen molar-refractivity contribution in [1.82, 2.24) is 15.0 Å². The van der Waals surface area contributed by atoms with E-state index in [1.807, 2.05) is 25.1 Å². The van der Waals surface area contributed by atoms with E-state index in [0.29, 0.717) is 0 Å². The maximum Gasteiger partial charge on any atom is 0.328 e. The quantitative estimate of drug-likeness (QED) is 0.804. The molecule has 5 heteroatoms. The van der Waals surface area contributed by atoms with Crippen molar-refractivity contribution >= 4 is 17.0 Å². The van der Waals surface area contributed by atoms with Gasteiger partial charge in [-0.2, -0.15) is 0 Å². The molecule has 1 N–H and O–H groups in total. The lowest BCUT2D eigenvalue weighted by Crippen LogP contribution is -2.16. The number of rotatable bonds is 2. The van der Waals surface area contributed by atoms with Crippen LogP contribution < -0.4 is 0 Å². The molecule has 1 unspecified atom stereocenters. The minimum atomic E-state index is -0.914. The zero-order valence-electron chi connectivity index (χ0n) is 8.51. The number of hydrogen-bond acceptors (Lipinski definition) is 3. The zero-order valence-corrected chi connectivity index (χ0v) is 8.51. The molecule has 0 aliphatic rings. The second kappa shape index (κ2) is 3.34. The second-order valence-electron chi connectivity index (χ2n) is 3.54. The lowest BCUT2D eigenvalue weighted by Gasteiger charge is -2.06. The van der Waals surface area contributed by atoms with E-state index in [2.05, 4.69) is 10.3 Å². The highest BCUT2D eigenvalue weighted by atomic mass is 16.4. The lowest BCUT2D eigenvalue weighted by atomic mass is 10.2. The molecule has 0 saturated carbocycles. The summed E-state index contributed by atoms with van der Waals surface area (Å²) in [7, 11) is 0. The Bertz CT molecular complexity index is 518. The van der Waals surface area contributed by atoms with Crippen molar-refractivity contribution in [3.63, 3.8) is 0 Å². The van der Waals surface area contributed by atoms with E-state index in [1.54, 1.807) is 6.92 Å². The normalized spacial score (nSPS) is 12.9. The summed E-state index contributed by atoms with van der Waals surface area (Å²) in [5.74, 6) is -0.914. The third-order valence-electron chi connectivity index (χ3n) is 2.35. The van der Waals surface area contributed by atoms with Crippen molar-refractivity contribution in [3.8, 4) is 0 Å². The van der Waals surface area contributed by atoms with Crippen LogP contribution in [0.4, 0.5) is 0 Å². The summed E-state index contributed by atoms with van der Waals surface area (Å²) in [6, 6.07) is 4.94. The van der Waals surface area contributed by atoms with Crippen LogP contribution in [0.5, 0.6) is 0 Å². The number of hydrogen-bond donors (Lipinski definition) is 1. The maximum absolute atomic E-state index is 10.8. The van der Waals surface area contributed by atoms with Gasteiger partial charge in [-0.3, -0.25) is 0 Å². The Labute approximate surface area is 86.3 Å². The highest BCUT2D eigenvalue weighted by Crippen LogP contribution is 2.16. The van der Waals surface area contributed by atoms with Gasteiger partial charge >= 0.3 is 5.97 Å². The second-order valence-corrected chi connectivity index (χ2v) is 3.54. The molecule has 0 saturated heterocycles. The van der Waals surface area contributed by atoms with Crippen molar-refractivity contribution in [2.45, 2.75) is 19.9 Å². The van der Waals surface area contributed by atoms with Crippen molar-refractivity contribution in [2.24, 2.45) is 0 Å². The van der Waals surface area contributed by atoms with Gasteiger partial charge in [0.2, 0.25) is 0 Å². The minimum absolute atomic E-state index is 0.697. The van der Waals surface area contributed by atoms with Gasteiger partial charge in [-0.1, -0.05) is 11.3 Å². The molecule has 0 fully saturated rings. The fourth-order valence-corrected chi connectivity index (χ4v) is 1.44. The number of nitrogens with zero attached hydrogens (tertiary/aromatic N) is 3. The summed E-state index contributed by atoms with van der Waals surface area (Å²) in [4.78, 5) is 10.8. The Morgan fingerprint density at radius 2 is 2.27 bits per heavy atom. The molecule has 2 aromatic rings. The third kappa shape index (κ3) is 1.56. The van der Waals surface area contributed by atoms with Gasteiger partial charge in [-0.25, -0.2) is 9.48 Å². The van der Waals surface area contributed by atoms with Crippen molar-refractivity contribution in [2.75, 3.05) is 0 Å². The molecular weight excluding hydrogens is 194 g/mol. The first-order valence-corrected chi connectivity index (χ1v) is 4.64. The molecule has 0 bridgehead atoms. The molecule has 0 radical (unpaired) electrons. The number of benzene rings is 1. The van der Waals surface area contributed by atoms with Gasteiger partial charge in [0.25, 0.3) is 0 Å². The van der Waals surface area contributed by atoms with Gasteiger partial charge < -0.3 is 5.11 Å². The monoisotopic (exact) mass is 205 g/mol. The van der Waals surface area contributed by atoms with Crippen LogP contribution in [0.1, 0.15) is 18.5 Å². The predicted octanol–water partition coefficient (Wildman–Crippen LogP) is 1.39. The van der Waals surface area contributed by atoms with Gasteiger partial charge in [-0.15, -0.1) is 5.10 Å². The Kier molecular flexibility index (Phi) is 2.15. The molecule has 0 spiro atoms. The number of carboxylic acid groups (broad SMARTS) is 1. The SMILES string of the molecule is Cc1ccc2c(c1)nnn2C(C)C(=O)O. The molecule has 78 valence electrons. The van der Waals surface area contributed by atoms with E-state index < -0.39 is 12.0 Å². The number of aryl methyl sites for hydroxylation is 1. The summed E-state index contributed by atoms with van der Waals surface area (Å²) in [6.07, 6.45) is 0. The minimum Gasteiger partial charge on any atom is -0.480 e. The summed E-state index contributed by atoms with van der Waals surface area (Å²) >= 11 is 0. The van der Waals surface area contributed by atoms with E-state index in [4.69, 9.17) is 5.11 Å². The van der Waals surface area contributed by atoms with Crippen molar-refractivity contribution < 1.29 is 9.90 Å². The average Bonchev–Trinajstić information content (AvgIpc) is 2.59. The van der Waals surface area contributed by atoms with E-state index in [9.17, 15) is 4.79 Å². The summed E-state index contributed by atoms with van der Waals surface area (Å²) in [5, 5.41) is 16.7. The van der Waals surface area contributed by atoms with Crippen LogP contribution in [0.25, 0.3) is 11.0 Å². The highest BCUT2D eigenvalue weighted by Gasteiger charge is 2.17. The Balaban J connectivity index is 2.59. The summed E-state index contributed by atoms with van der Waals surface area (Å²) in [6.45, 7) is 3.54. The van der Waals surface area contributed by atoms with Gasteiger partial charge in [0.1, 0.15) is 11.6 Å². The summed E-state index contributed by atoms with van der Waals surface area (Å²) < 4.78 is 1.41. The zero-order chi connectivity index (χ0) is 11.0. The van der Waals surface area contributed by atoms with Crippen LogP contribution in [0.15, 0.2) is 18.2 Å². The van der Waals surface area contributed by atoms with Gasteiger partial charge in [0, 0.05) is 0 Å². The lowest BCUT2D eigenvalue weighted by molar-refractivity contribution is -0.140. The molecule has 0 aliphatic carbocycles. The Hall–Kier alpha value is -1.91. The number of carbonyl (C=O) groups is 1. The van der Waals surface area contributed by atoms with Gasteiger partial charge in [-0.05, 0) is 31.5 Å². The smallest absolute Gasteiger partial charge is 0.328 e. The van der Waals surface area contributed by atoms with Gasteiger partial charge in [0.05, 0.1) is 5.52 Å². The van der Waals surface area contributed by atoms with Crippen molar-refractivity contribution in [1.29, 1.82) is 0 Å². The molecule has 0 amide bonds.